The Balaban J connectivity index is 1.91. The first-order valence-electron chi connectivity index (χ1n) is 6.21. The lowest BCUT2D eigenvalue weighted by atomic mass is 10.3. The number of H-pyrrole nitrogens is 1. The van der Waals surface area contributed by atoms with Crippen LogP contribution in [0.5, 0.6) is 0 Å². The molecule has 0 fully saturated rings. The normalized spacial score (nSPS) is 11.3. The van der Waals surface area contributed by atoms with Crippen LogP contribution in [0.4, 0.5) is 5.69 Å². The summed E-state index contributed by atoms with van der Waals surface area (Å²) in [6.07, 6.45) is 0. The van der Waals surface area contributed by atoms with Crippen molar-refractivity contribution in [2.75, 3.05) is 5.43 Å². The largest absolute Gasteiger partial charge is 0.336 e. The van der Waals surface area contributed by atoms with E-state index < -0.39 is 0 Å². The average Bonchev–Trinajstić information content (AvgIpc) is 2.91. The van der Waals surface area contributed by atoms with Gasteiger partial charge < -0.3 is 4.98 Å². The first-order valence-corrected chi connectivity index (χ1v) is 6.58. The minimum absolute atomic E-state index is 0.172. The second kappa shape index (κ2) is 5.65. The van der Waals surface area contributed by atoms with Crippen LogP contribution >= 0.6 is 11.6 Å². The van der Waals surface area contributed by atoms with E-state index in [1.165, 1.54) is 0 Å². The van der Waals surface area contributed by atoms with Crippen molar-refractivity contribution in [3.63, 3.8) is 0 Å². The zero-order valence-electron chi connectivity index (χ0n) is 10.8. The summed E-state index contributed by atoms with van der Waals surface area (Å²) < 4.78 is 0. The van der Waals surface area contributed by atoms with Crippen molar-refractivity contribution in [2.24, 2.45) is 5.10 Å². The van der Waals surface area contributed by atoms with Gasteiger partial charge >= 0.3 is 0 Å². The maximum atomic E-state index is 9.23. The summed E-state index contributed by atoms with van der Waals surface area (Å²) in [5, 5.41) is 13.9. The van der Waals surface area contributed by atoms with Crippen LogP contribution in [-0.4, -0.2) is 15.7 Å². The van der Waals surface area contributed by atoms with Gasteiger partial charge in [-0.3, -0.25) is 5.43 Å². The number of imidazole rings is 1. The number of aromatic nitrogens is 2. The summed E-state index contributed by atoms with van der Waals surface area (Å²) in [6, 6.07) is 16.7. The highest BCUT2D eigenvalue weighted by molar-refractivity contribution is 6.30. The van der Waals surface area contributed by atoms with Gasteiger partial charge in [-0.2, -0.15) is 10.4 Å². The molecule has 5 nitrogen and oxygen atoms in total. The van der Waals surface area contributed by atoms with Crippen molar-refractivity contribution < 1.29 is 0 Å². The number of halogens is 1. The maximum Gasteiger partial charge on any atom is 0.203 e. The highest BCUT2D eigenvalue weighted by atomic mass is 35.5. The molecule has 3 rings (SSSR count). The molecule has 102 valence electrons. The molecule has 0 atom stereocenters. The lowest BCUT2D eigenvalue weighted by molar-refractivity contribution is 1.25. The summed E-state index contributed by atoms with van der Waals surface area (Å²) >= 11 is 5.89. The molecule has 0 aliphatic carbocycles. The molecule has 0 saturated carbocycles. The molecule has 21 heavy (non-hydrogen) atoms. The molecule has 0 amide bonds. The molecular weight excluding hydrogens is 286 g/mol. The van der Waals surface area contributed by atoms with E-state index in [2.05, 4.69) is 20.5 Å². The number of hydrogen-bond acceptors (Lipinski definition) is 4. The van der Waals surface area contributed by atoms with Gasteiger partial charge in [0.05, 0.1) is 16.7 Å². The monoisotopic (exact) mass is 295 g/mol. The van der Waals surface area contributed by atoms with Gasteiger partial charge in [-0.1, -0.05) is 29.8 Å². The first-order chi connectivity index (χ1) is 10.3. The number of aromatic amines is 1. The van der Waals surface area contributed by atoms with E-state index in [0.29, 0.717) is 16.5 Å². The molecule has 1 aromatic heterocycles. The first kappa shape index (κ1) is 13.2. The standard InChI is InChI=1S/C15H10ClN5/c16-10-4-3-5-11(8-10)20-21-14(9-17)15-18-12-6-1-2-7-13(12)19-15/h1-8,20H,(H,18,19)/b21-14+. The van der Waals surface area contributed by atoms with Gasteiger partial charge in [-0.25, -0.2) is 4.98 Å². The van der Waals surface area contributed by atoms with Crippen molar-refractivity contribution in [3.8, 4) is 6.07 Å². The van der Waals surface area contributed by atoms with Crippen molar-refractivity contribution in [1.82, 2.24) is 9.97 Å². The average molecular weight is 296 g/mol. The molecule has 2 aromatic carbocycles. The minimum Gasteiger partial charge on any atom is -0.336 e. The zero-order chi connectivity index (χ0) is 14.7. The Morgan fingerprint density at radius 1 is 1.24 bits per heavy atom. The van der Waals surface area contributed by atoms with E-state index in [1.54, 1.807) is 18.2 Å². The number of hydrazone groups is 1. The van der Waals surface area contributed by atoms with Gasteiger partial charge in [0, 0.05) is 5.02 Å². The Morgan fingerprint density at radius 2 is 2.10 bits per heavy atom. The SMILES string of the molecule is N#C/C(=N\Nc1cccc(Cl)c1)c1nc2ccccc2[nH]1. The zero-order valence-corrected chi connectivity index (χ0v) is 11.6. The van der Waals surface area contributed by atoms with Crippen LogP contribution in [-0.2, 0) is 0 Å². The molecule has 3 aromatic rings. The fourth-order valence-electron chi connectivity index (χ4n) is 1.87. The predicted molar refractivity (Wildman–Crippen MR) is 83.3 cm³/mol. The van der Waals surface area contributed by atoms with Gasteiger partial charge in [0.15, 0.2) is 5.82 Å². The van der Waals surface area contributed by atoms with E-state index >= 15 is 0 Å². The number of nitriles is 1. The Labute approximate surface area is 125 Å². The fraction of sp³-hybridized carbons (Fsp3) is 0. The van der Waals surface area contributed by atoms with E-state index in [0.717, 1.165) is 11.0 Å². The molecule has 1 heterocycles. The second-order valence-corrected chi connectivity index (χ2v) is 4.73. The minimum atomic E-state index is 0.172. The highest BCUT2D eigenvalue weighted by Crippen LogP contribution is 2.15. The summed E-state index contributed by atoms with van der Waals surface area (Å²) in [5.41, 5.74) is 5.32. The van der Waals surface area contributed by atoms with Crippen LogP contribution in [0.25, 0.3) is 11.0 Å². The van der Waals surface area contributed by atoms with Crippen LogP contribution in [0.15, 0.2) is 53.6 Å². The summed E-state index contributed by atoms with van der Waals surface area (Å²) in [5.74, 6) is 0.424. The lowest BCUT2D eigenvalue weighted by Gasteiger charge is -2.00. The molecule has 0 radical (unpaired) electrons. The number of benzene rings is 2. The predicted octanol–water partition coefficient (Wildman–Crippen LogP) is 3.56. The van der Waals surface area contributed by atoms with Crippen LogP contribution in [0.1, 0.15) is 5.82 Å². The topological polar surface area (TPSA) is 76.9 Å². The quantitative estimate of drug-likeness (QED) is 0.573. The molecule has 0 saturated heterocycles. The maximum absolute atomic E-state index is 9.23. The van der Waals surface area contributed by atoms with Gasteiger partial charge in [0.25, 0.3) is 0 Å². The Bertz CT molecular complexity index is 827. The fourth-order valence-corrected chi connectivity index (χ4v) is 2.06. The Morgan fingerprint density at radius 3 is 2.86 bits per heavy atom. The molecule has 0 spiro atoms. The van der Waals surface area contributed by atoms with Crippen molar-refractivity contribution >= 4 is 34.0 Å². The number of rotatable bonds is 3. The van der Waals surface area contributed by atoms with Crippen molar-refractivity contribution in [1.29, 1.82) is 5.26 Å². The Hall–Kier alpha value is -2.84. The van der Waals surface area contributed by atoms with Crippen LogP contribution in [0.2, 0.25) is 5.02 Å². The molecule has 6 heteroatoms. The molecule has 0 bridgehead atoms. The van der Waals surface area contributed by atoms with Crippen molar-refractivity contribution in [3.05, 3.63) is 59.4 Å². The van der Waals surface area contributed by atoms with Crippen LogP contribution in [0, 0.1) is 11.3 Å². The Kier molecular flexibility index (Phi) is 3.54. The van der Waals surface area contributed by atoms with Crippen LogP contribution < -0.4 is 5.43 Å². The third kappa shape index (κ3) is 2.86. The number of para-hydroxylation sites is 2. The molecule has 2 N–H and O–H groups in total. The van der Waals surface area contributed by atoms with Gasteiger partial charge in [-0.15, -0.1) is 0 Å². The number of hydrogen-bond donors (Lipinski definition) is 2. The second-order valence-electron chi connectivity index (χ2n) is 4.30. The van der Waals surface area contributed by atoms with Crippen LogP contribution in [0.3, 0.4) is 0 Å². The van der Waals surface area contributed by atoms with Gasteiger partial charge in [0.1, 0.15) is 6.07 Å². The highest BCUT2D eigenvalue weighted by Gasteiger charge is 2.08. The molecule has 0 aliphatic rings. The third-order valence-corrected chi connectivity index (χ3v) is 3.08. The molecule has 0 unspecified atom stereocenters. The summed E-state index contributed by atoms with van der Waals surface area (Å²) in [4.78, 5) is 7.40. The number of nitrogens with one attached hydrogen (secondary N) is 2. The summed E-state index contributed by atoms with van der Waals surface area (Å²) in [7, 11) is 0. The third-order valence-electron chi connectivity index (χ3n) is 2.84. The van der Waals surface area contributed by atoms with E-state index in [4.69, 9.17) is 11.6 Å². The molecular formula is C15H10ClN5. The van der Waals surface area contributed by atoms with Crippen molar-refractivity contribution in [2.45, 2.75) is 0 Å². The van der Waals surface area contributed by atoms with Gasteiger partial charge in [-0.05, 0) is 30.3 Å². The summed E-state index contributed by atoms with van der Waals surface area (Å²) in [6.45, 7) is 0. The number of anilines is 1. The smallest absolute Gasteiger partial charge is 0.203 e. The molecule has 0 aliphatic heterocycles. The number of fused-ring (bicyclic) bond motifs is 1. The van der Waals surface area contributed by atoms with E-state index in [1.807, 2.05) is 36.4 Å². The van der Waals surface area contributed by atoms with E-state index in [9.17, 15) is 5.26 Å². The number of nitrogens with zero attached hydrogens (tertiary/aromatic N) is 3. The lowest BCUT2D eigenvalue weighted by Crippen LogP contribution is -2.03. The van der Waals surface area contributed by atoms with Gasteiger partial charge in [0.2, 0.25) is 5.71 Å². The van der Waals surface area contributed by atoms with E-state index in [-0.39, 0.29) is 5.71 Å².